The van der Waals surface area contributed by atoms with Gasteiger partial charge in [0.15, 0.2) is 0 Å². The molecule has 1 aromatic rings. The molecule has 1 saturated carbocycles. The second kappa shape index (κ2) is 5.03. The molecule has 3 nitrogen and oxygen atoms in total. The van der Waals surface area contributed by atoms with Crippen LogP contribution in [-0.2, 0) is 0 Å². The van der Waals surface area contributed by atoms with E-state index >= 15 is 0 Å². The van der Waals surface area contributed by atoms with Gasteiger partial charge in [-0.25, -0.2) is 0 Å². The number of aromatic nitrogens is 2. The largest absolute Gasteiger partial charge is 0.309 e. The molecule has 1 atom stereocenters. The summed E-state index contributed by atoms with van der Waals surface area (Å²) in [5.41, 5.74) is 1.11. The highest BCUT2D eigenvalue weighted by molar-refractivity contribution is 7.05. The van der Waals surface area contributed by atoms with Crippen molar-refractivity contribution in [2.45, 2.75) is 45.6 Å². The van der Waals surface area contributed by atoms with E-state index in [2.05, 4.69) is 28.8 Å². The Morgan fingerprint density at radius 2 is 2.20 bits per heavy atom. The van der Waals surface area contributed by atoms with Crippen molar-refractivity contribution in [2.24, 2.45) is 5.92 Å². The monoisotopic (exact) mass is 225 g/mol. The highest BCUT2D eigenvalue weighted by atomic mass is 32.1. The number of nitrogens with one attached hydrogen (secondary N) is 1. The van der Waals surface area contributed by atoms with Gasteiger partial charge in [-0.1, -0.05) is 24.3 Å². The van der Waals surface area contributed by atoms with Crippen molar-refractivity contribution >= 4 is 11.5 Å². The van der Waals surface area contributed by atoms with Crippen molar-refractivity contribution in [2.75, 3.05) is 6.54 Å². The van der Waals surface area contributed by atoms with Crippen LogP contribution in [0, 0.1) is 12.8 Å². The standard InChI is InChI=1S/C11H19N3S/c1-3-12-10(9-6-4-5-7-9)11-8(2)13-14-15-11/h9-10,12H,3-7H2,1-2H3. The molecule has 1 fully saturated rings. The van der Waals surface area contributed by atoms with Gasteiger partial charge in [0.05, 0.1) is 10.6 Å². The molecule has 84 valence electrons. The van der Waals surface area contributed by atoms with Crippen molar-refractivity contribution in [3.05, 3.63) is 10.6 Å². The molecule has 1 aliphatic rings. The fourth-order valence-corrected chi connectivity index (χ4v) is 3.32. The van der Waals surface area contributed by atoms with Crippen LogP contribution in [-0.4, -0.2) is 16.1 Å². The third kappa shape index (κ3) is 2.37. The van der Waals surface area contributed by atoms with Gasteiger partial charge in [0.1, 0.15) is 0 Å². The van der Waals surface area contributed by atoms with Crippen molar-refractivity contribution in [1.29, 1.82) is 0 Å². The van der Waals surface area contributed by atoms with Crippen molar-refractivity contribution in [3.63, 3.8) is 0 Å². The Bertz CT molecular complexity index is 305. The smallest absolute Gasteiger partial charge is 0.0772 e. The third-order valence-electron chi connectivity index (χ3n) is 3.26. The van der Waals surface area contributed by atoms with E-state index in [1.54, 1.807) is 11.5 Å². The number of aryl methyl sites for hydroxylation is 1. The lowest BCUT2D eigenvalue weighted by Gasteiger charge is -2.22. The van der Waals surface area contributed by atoms with Gasteiger partial charge >= 0.3 is 0 Å². The molecular weight excluding hydrogens is 206 g/mol. The maximum absolute atomic E-state index is 4.12. The zero-order valence-corrected chi connectivity index (χ0v) is 10.3. The number of rotatable bonds is 4. The van der Waals surface area contributed by atoms with Crippen LogP contribution in [0.2, 0.25) is 0 Å². The molecule has 0 saturated heterocycles. The Labute approximate surface area is 95.4 Å². The van der Waals surface area contributed by atoms with Crippen molar-refractivity contribution < 1.29 is 0 Å². The van der Waals surface area contributed by atoms with Crippen LogP contribution in [0.5, 0.6) is 0 Å². The number of nitrogens with zero attached hydrogens (tertiary/aromatic N) is 2. The summed E-state index contributed by atoms with van der Waals surface area (Å²) in [5, 5.41) is 7.72. The van der Waals surface area contributed by atoms with Gasteiger partial charge in [-0.3, -0.25) is 0 Å². The lowest BCUT2D eigenvalue weighted by Crippen LogP contribution is -2.26. The summed E-state index contributed by atoms with van der Waals surface area (Å²) in [6.45, 7) is 5.27. The zero-order chi connectivity index (χ0) is 10.7. The average molecular weight is 225 g/mol. The van der Waals surface area contributed by atoms with Gasteiger partial charge in [-0.05, 0) is 43.8 Å². The quantitative estimate of drug-likeness (QED) is 0.856. The van der Waals surface area contributed by atoms with E-state index in [9.17, 15) is 0 Å². The van der Waals surface area contributed by atoms with Gasteiger partial charge < -0.3 is 5.32 Å². The molecule has 0 aromatic carbocycles. The summed E-state index contributed by atoms with van der Waals surface area (Å²) in [6, 6.07) is 0.498. The summed E-state index contributed by atoms with van der Waals surface area (Å²) in [4.78, 5) is 1.35. The molecule has 1 aliphatic carbocycles. The number of hydrogen-bond acceptors (Lipinski definition) is 4. The Morgan fingerprint density at radius 3 is 2.73 bits per heavy atom. The first kappa shape index (κ1) is 11.0. The van der Waals surface area contributed by atoms with E-state index in [0.717, 1.165) is 18.2 Å². The van der Waals surface area contributed by atoms with E-state index in [4.69, 9.17) is 0 Å². The Kier molecular flexibility index (Phi) is 3.70. The second-order valence-corrected chi connectivity index (χ2v) is 5.09. The molecule has 1 aromatic heterocycles. The lowest BCUT2D eigenvalue weighted by atomic mass is 9.96. The minimum Gasteiger partial charge on any atom is -0.309 e. The topological polar surface area (TPSA) is 37.8 Å². The first-order chi connectivity index (χ1) is 7.33. The maximum Gasteiger partial charge on any atom is 0.0772 e. The second-order valence-electron chi connectivity index (χ2n) is 4.30. The van der Waals surface area contributed by atoms with E-state index in [1.807, 2.05) is 0 Å². The van der Waals surface area contributed by atoms with Crippen molar-refractivity contribution in [1.82, 2.24) is 14.9 Å². The summed E-state index contributed by atoms with van der Waals surface area (Å²) in [6.07, 6.45) is 5.49. The summed E-state index contributed by atoms with van der Waals surface area (Å²) in [7, 11) is 0. The third-order valence-corrected chi connectivity index (χ3v) is 4.17. The summed E-state index contributed by atoms with van der Waals surface area (Å²) in [5.74, 6) is 0.797. The fourth-order valence-electron chi connectivity index (χ4n) is 2.51. The first-order valence-corrected chi connectivity index (χ1v) is 6.62. The molecule has 0 radical (unpaired) electrons. The molecule has 0 amide bonds. The van der Waals surface area contributed by atoms with Gasteiger partial charge in [-0.15, -0.1) is 5.10 Å². The van der Waals surface area contributed by atoms with Gasteiger partial charge in [0, 0.05) is 6.04 Å². The lowest BCUT2D eigenvalue weighted by molar-refractivity contribution is 0.378. The average Bonchev–Trinajstić information content (AvgIpc) is 2.85. The molecule has 15 heavy (non-hydrogen) atoms. The summed E-state index contributed by atoms with van der Waals surface area (Å²) >= 11 is 1.56. The normalized spacial score (nSPS) is 19.6. The first-order valence-electron chi connectivity index (χ1n) is 5.85. The van der Waals surface area contributed by atoms with Crippen LogP contribution in [0.15, 0.2) is 0 Å². The van der Waals surface area contributed by atoms with E-state index in [0.29, 0.717) is 6.04 Å². The SMILES string of the molecule is CCNC(c1snnc1C)C1CCCC1. The van der Waals surface area contributed by atoms with Crippen LogP contribution in [0.1, 0.15) is 49.2 Å². The minimum atomic E-state index is 0.498. The van der Waals surface area contributed by atoms with Gasteiger partial charge in [-0.2, -0.15) is 0 Å². The predicted octanol–water partition coefficient (Wildman–Crippen LogP) is 2.69. The zero-order valence-electron chi connectivity index (χ0n) is 9.49. The molecule has 1 heterocycles. The van der Waals surface area contributed by atoms with Crippen molar-refractivity contribution in [3.8, 4) is 0 Å². The highest BCUT2D eigenvalue weighted by Gasteiger charge is 2.28. The Balaban J connectivity index is 2.15. The van der Waals surface area contributed by atoms with E-state index in [1.165, 1.54) is 30.6 Å². The maximum atomic E-state index is 4.12. The molecular formula is C11H19N3S. The van der Waals surface area contributed by atoms with Crippen LogP contribution in [0.25, 0.3) is 0 Å². The van der Waals surface area contributed by atoms with Crippen LogP contribution < -0.4 is 5.32 Å². The van der Waals surface area contributed by atoms with E-state index < -0.39 is 0 Å². The van der Waals surface area contributed by atoms with Crippen LogP contribution in [0.4, 0.5) is 0 Å². The molecule has 1 N–H and O–H groups in total. The number of hydrogen-bond donors (Lipinski definition) is 1. The molecule has 0 bridgehead atoms. The Morgan fingerprint density at radius 1 is 1.47 bits per heavy atom. The predicted molar refractivity (Wildman–Crippen MR) is 63.0 cm³/mol. The van der Waals surface area contributed by atoms with E-state index in [-0.39, 0.29) is 0 Å². The van der Waals surface area contributed by atoms with Crippen LogP contribution in [0.3, 0.4) is 0 Å². The minimum absolute atomic E-state index is 0.498. The van der Waals surface area contributed by atoms with Gasteiger partial charge in [0.25, 0.3) is 0 Å². The molecule has 1 unspecified atom stereocenters. The molecule has 2 rings (SSSR count). The molecule has 4 heteroatoms. The fraction of sp³-hybridized carbons (Fsp3) is 0.818. The Hall–Kier alpha value is -0.480. The van der Waals surface area contributed by atoms with Gasteiger partial charge in [0.2, 0.25) is 0 Å². The van der Waals surface area contributed by atoms with Crippen LogP contribution >= 0.6 is 11.5 Å². The highest BCUT2D eigenvalue weighted by Crippen LogP contribution is 2.37. The molecule has 0 aliphatic heterocycles. The molecule has 0 spiro atoms. The summed E-state index contributed by atoms with van der Waals surface area (Å²) < 4.78 is 4.05.